The van der Waals surface area contributed by atoms with Crippen LogP contribution in [-0.2, 0) is 11.2 Å². The maximum Gasteiger partial charge on any atom is 0.241 e. The molecular formula is C22H22ClN5O2. The number of H-pyrrole nitrogens is 1. The Balaban J connectivity index is 0.00000256. The van der Waals surface area contributed by atoms with Gasteiger partial charge < -0.3 is 15.4 Å². The zero-order chi connectivity index (χ0) is 20.2. The zero-order valence-corrected chi connectivity index (χ0v) is 17.0. The summed E-state index contributed by atoms with van der Waals surface area (Å²) in [5.41, 5.74) is 3.54. The van der Waals surface area contributed by atoms with Crippen LogP contribution in [0.4, 0.5) is 5.69 Å². The van der Waals surface area contributed by atoms with Crippen LogP contribution in [0.2, 0.25) is 5.02 Å². The first-order valence-electron chi connectivity index (χ1n) is 9.41. The van der Waals surface area contributed by atoms with Gasteiger partial charge in [-0.2, -0.15) is 5.26 Å². The first-order chi connectivity index (χ1) is 14.1. The zero-order valence-electron chi connectivity index (χ0n) is 16.3. The summed E-state index contributed by atoms with van der Waals surface area (Å²) in [4.78, 5) is 24.2. The van der Waals surface area contributed by atoms with E-state index in [-0.39, 0.29) is 17.4 Å². The number of halogens is 1. The Kier molecular flexibility index (Phi) is 6.85. The molecule has 1 amide bonds. The molecular weight excluding hydrogens is 402 g/mol. The van der Waals surface area contributed by atoms with Gasteiger partial charge in [0, 0.05) is 30.0 Å². The summed E-state index contributed by atoms with van der Waals surface area (Å²) in [5, 5.41) is 9.63. The lowest BCUT2D eigenvalue weighted by Crippen LogP contribution is -2.51. The number of rotatable bonds is 5. The van der Waals surface area contributed by atoms with Gasteiger partial charge in [-0.25, -0.2) is 4.98 Å². The lowest BCUT2D eigenvalue weighted by molar-refractivity contribution is -0.122. The molecule has 0 aliphatic carbocycles. The minimum atomic E-state index is -0.00380. The molecule has 2 aromatic carbocycles. The predicted octanol–water partition coefficient (Wildman–Crippen LogP) is 2.74. The number of anilines is 1. The predicted molar refractivity (Wildman–Crippen MR) is 115 cm³/mol. The molecule has 1 saturated heterocycles. The molecule has 0 spiro atoms. The molecule has 1 unspecified atom stereocenters. The van der Waals surface area contributed by atoms with E-state index in [1.54, 1.807) is 17.3 Å². The largest absolute Gasteiger partial charge is 0.412 e. The van der Waals surface area contributed by atoms with Crippen LogP contribution < -0.4 is 4.90 Å². The van der Waals surface area contributed by atoms with E-state index in [9.17, 15) is 4.79 Å². The molecule has 8 heteroatoms. The van der Waals surface area contributed by atoms with Crippen molar-refractivity contribution in [2.24, 2.45) is 0 Å². The van der Waals surface area contributed by atoms with Crippen molar-refractivity contribution >= 4 is 23.2 Å². The van der Waals surface area contributed by atoms with Crippen LogP contribution in [0.3, 0.4) is 0 Å². The van der Waals surface area contributed by atoms with Crippen molar-refractivity contribution < 1.29 is 10.3 Å². The number of benzene rings is 2. The van der Waals surface area contributed by atoms with Crippen LogP contribution in [0.5, 0.6) is 0 Å². The average molecular weight is 424 g/mol. The van der Waals surface area contributed by atoms with Gasteiger partial charge in [-0.1, -0.05) is 29.8 Å². The molecule has 3 aromatic rings. The third-order valence-electron chi connectivity index (χ3n) is 5.20. The van der Waals surface area contributed by atoms with Crippen LogP contribution in [0, 0.1) is 11.3 Å². The van der Waals surface area contributed by atoms with Crippen LogP contribution >= 0.6 is 11.6 Å². The van der Waals surface area contributed by atoms with Gasteiger partial charge >= 0.3 is 0 Å². The van der Waals surface area contributed by atoms with Crippen molar-refractivity contribution in [2.45, 2.75) is 12.5 Å². The lowest BCUT2D eigenvalue weighted by Gasteiger charge is -2.38. The number of hydrogen-bond donors (Lipinski definition) is 1. The number of hydrogen-bond acceptors (Lipinski definition) is 4. The summed E-state index contributed by atoms with van der Waals surface area (Å²) in [6.07, 6.45) is 4.19. The quantitative estimate of drug-likeness (QED) is 0.680. The van der Waals surface area contributed by atoms with Gasteiger partial charge in [0.1, 0.15) is 0 Å². The Morgan fingerprint density at radius 1 is 1.20 bits per heavy atom. The SMILES string of the molecule is N#Cc1ccc(CC(c2cnc[nH]2)N2CCN(c3cccc(Cl)c3)C(=O)C2)cc1.O. The third kappa shape index (κ3) is 4.69. The van der Waals surface area contributed by atoms with Gasteiger partial charge in [0.25, 0.3) is 0 Å². The molecule has 1 fully saturated rings. The van der Waals surface area contributed by atoms with Crippen molar-refractivity contribution in [1.82, 2.24) is 14.9 Å². The number of carbonyl (C=O) groups is 1. The molecule has 1 atom stereocenters. The highest BCUT2D eigenvalue weighted by molar-refractivity contribution is 6.30. The molecule has 3 N–H and O–H groups in total. The Labute approximate surface area is 179 Å². The van der Waals surface area contributed by atoms with Gasteiger partial charge in [-0.15, -0.1) is 0 Å². The van der Waals surface area contributed by atoms with Gasteiger partial charge in [-0.3, -0.25) is 9.69 Å². The fourth-order valence-corrected chi connectivity index (χ4v) is 3.88. The number of amides is 1. The molecule has 1 aromatic heterocycles. The Morgan fingerprint density at radius 3 is 2.63 bits per heavy atom. The minimum Gasteiger partial charge on any atom is -0.412 e. The number of aromatic amines is 1. The molecule has 7 nitrogen and oxygen atoms in total. The number of nitrogens with one attached hydrogen (secondary N) is 1. The first-order valence-corrected chi connectivity index (χ1v) is 9.79. The van der Waals surface area contributed by atoms with E-state index in [4.69, 9.17) is 16.9 Å². The number of imidazole rings is 1. The van der Waals surface area contributed by atoms with E-state index in [1.807, 2.05) is 48.7 Å². The van der Waals surface area contributed by atoms with E-state index < -0.39 is 0 Å². The highest BCUT2D eigenvalue weighted by Crippen LogP contribution is 2.28. The van der Waals surface area contributed by atoms with Crippen LogP contribution in [0.1, 0.15) is 22.9 Å². The molecule has 154 valence electrons. The monoisotopic (exact) mass is 423 g/mol. The van der Waals surface area contributed by atoms with Crippen LogP contribution in [0.25, 0.3) is 0 Å². The molecule has 30 heavy (non-hydrogen) atoms. The van der Waals surface area contributed by atoms with Crippen molar-refractivity contribution in [3.8, 4) is 6.07 Å². The molecule has 0 saturated carbocycles. The average Bonchev–Trinajstić information content (AvgIpc) is 3.27. The summed E-state index contributed by atoms with van der Waals surface area (Å²) in [5.74, 6) is 0.0443. The molecule has 0 radical (unpaired) electrons. The Bertz CT molecular complexity index is 1030. The smallest absolute Gasteiger partial charge is 0.241 e. The van der Waals surface area contributed by atoms with Gasteiger partial charge in [-0.05, 0) is 42.3 Å². The van der Waals surface area contributed by atoms with Gasteiger partial charge in [0.2, 0.25) is 5.91 Å². The molecule has 1 aliphatic rings. The number of piperazine rings is 1. The standard InChI is InChI=1S/C22H20ClN5O.H2O/c23-18-2-1-3-19(11-18)28-9-8-27(14-22(28)29)21(20-13-25-15-26-20)10-16-4-6-17(12-24)7-5-16;/h1-7,11,13,15,21H,8-10,14H2,(H,25,26);1H2. The number of carbonyl (C=O) groups excluding carboxylic acids is 1. The lowest BCUT2D eigenvalue weighted by atomic mass is 10.00. The van der Waals surface area contributed by atoms with E-state index in [0.29, 0.717) is 23.7 Å². The normalized spacial score (nSPS) is 15.3. The van der Waals surface area contributed by atoms with Gasteiger partial charge in [0.15, 0.2) is 0 Å². The maximum absolute atomic E-state index is 12.9. The third-order valence-corrected chi connectivity index (χ3v) is 5.44. The topological polar surface area (TPSA) is 108 Å². The Hall–Kier alpha value is -3.18. The van der Waals surface area contributed by atoms with E-state index in [0.717, 1.165) is 29.9 Å². The second-order valence-corrected chi connectivity index (χ2v) is 7.47. The fourth-order valence-electron chi connectivity index (χ4n) is 3.70. The van der Waals surface area contributed by atoms with Crippen molar-refractivity contribution in [2.75, 3.05) is 24.5 Å². The fraction of sp³-hybridized carbons (Fsp3) is 0.227. The van der Waals surface area contributed by atoms with E-state index in [2.05, 4.69) is 20.9 Å². The van der Waals surface area contributed by atoms with Crippen molar-refractivity contribution in [3.05, 3.63) is 82.9 Å². The summed E-state index contributed by atoms with van der Waals surface area (Å²) in [6.45, 7) is 1.64. The summed E-state index contributed by atoms with van der Waals surface area (Å²) in [6, 6.07) is 17.1. The highest BCUT2D eigenvalue weighted by Gasteiger charge is 2.31. The molecule has 0 bridgehead atoms. The number of nitrogens with zero attached hydrogens (tertiary/aromatic N) is 4. The molecule has 4 rings (SSSR count). The van der Waals surface area contributed by atoms with Crippen molar-refractivity contribution in [1.29, 1.82) is 5.26 Å². The summed E-state index contributed by atoms with van der Waals surface area (Å²) < 4.78 is 0. The van der Waals surface area contributed by atoms with E-state index in [1.165, 1.54) is 0 Å². The summed E-state index contributed by atoms with van der Waals surface area (Å²) in [7, 11) is 0. The summed E-state index contributed by atoms with van der Waals surface area (Å²) >= 11 is 6.09. The highest BCUT2D eigenvalue weighted by atomic mass is 35.5. The number of nitriles is 1. The van der Waals surface area contributed by atoms with E-state index >= 15 is 0 Å². The van der Waals surface area contributed by atoms with Gasteiger partial charge in [0.05, 0.1) is 36.2 Å². The Morgan fingerprint density at radius 2 is 2.00 bits per heavy atom. The molecule has 2 heterocycles. The second kappa shape index (κ2) is 9.55. The minimum absolute atomic E-state index is 0. The van der Waals surface area contributed by atoms with Crippen LogP contribution in [0.15, 0.2) is 61.1 Å². The molecule has 1 aliphatic heterocycles. The first kappa shape index (κ1) is 21.5. The second-order valence-electron chi connectivity index (χ2n) is 7.03. The number of aromatic nitrogens is 2. The maximum atomic E-state index is 12.9. The van der Waals surface area contributed by atoms with Crippen molar-refractivity contribution in [3.63, 3.8) is 0 Å². The van der Waals surface area contributed by atoms with Crippen LogP contribution in [-0.4, -0.2) is 45.9 Å².